The van der Waals surface area contributed by atoms with Gasteiger partial charge in [0.25, 0.3) is 0 Å². The van der Waals surface area contributed by atoms with Gasteiger partial charge in [0.1, 0.15) is 11.4 Å². The third-order valence-corrected chi connectivity index (χ3v) is 3.33. The molecule has 0 aromatic rings. The number of amides is 1. The summed E-state index contributed by atoms with van der Waals surface area (Å²) >= 11 is 0. The summed E-state index contributed by atoms with van der Waals surface area (Å²) in [4.78, 5) is 25.6. The van der Waals surface area contributed by atoms with E-state index < -0.39 is 5.60 Å². The maximum Gasteiger partial charge on any atom is 0.410 e. The Kier molecular flexibility index (Phi) is 4.08. The Morgan fingerprint density at radius 2 is 1.89 bits per heavy atom. The summed E-state index contributed by atoms with van der Waals surface area (Å²) in [7, 11) is 0. The number of carbonyl (C=O) groups excluding carboxylic acids is 2. The molecule has 4 heteroatoms. The van der Waals surface area contributed by atoms with Gasteiger partial charge in [-0.1, -0.05) is 20.8 Å². The van der Waals surface area contributed by atoms with Crippen LogP contribution in [0.4, 0.5) is 4.79 Å². The van der Waals surface area contributed by atoms with E-state index >= 15 is 0 Å². The van der Waals surface area contributed by atoms with Crippen LogP contribution in [0.1, 0.15) is 48.0 Å². The summed E-state index contributed by atoms with van der Waals surface area (Å²) in [5.41, 5.74) is -0.655. The number of ether oxygens (including phenoxy) is 1. The molecule has 1 fully saturated rings. The summed E-state index contributed by atoms with van der Waals surface area (Å²) in [5, 5.41) is 0. The number of rotatable bonds is 2. The Hall–Kier alpha value is -1.06. The molecule has 4 nitrogen and oxygen atoms in total. The van der Waals surface area contributed by atoms with Gasteiger partial charge < -0.3 is 9.64 Å². The van der Waals surface area contributed by atoms with Crippen molar-refractivity contribution in [3.63, 3.8) is 0 Å². The molecule has 1 amide bonds. The van der Waals surface area contributed by atoms with E-state index in [-0.39, 0.29) is 23.2 Å². The van der Waals surface area contributed by atoms with Crippen LogP contribution in [0.5, 0.6) is 0 Å². The minimum absolute atomic E-state index is 0.0741. The van der Waals surface area contributed by atoms with Gasteiger partial charge in [-0.05, 0) is 26.2 Å². The summed E-state index contributed by atoms with van der Waals surface area (Å²) in [6.07, 6.45) is 0.206. The average molecular weight is 255 g/mol. The molecule has 0 radical (unpaired) electrons. The fourth-order valence-corrected chi connectivity index (χ4v) is 2.38. The van der Waals surface area contributed by atoms with Crippen molar-refractivity contribution >= 4 is 11.9 Å². The lowest BCUT2D eigenvalue weighted by Gasteiger charge is -2.25. The zero-order valence-corrected chi connectivity index (χ0v) is 12.4. The molecule has 1 rings (SSSR count). The highest BCUT2D eigenvalue weighted by atomic mass is 16.6. The van der Waals surface area contributed by atoms with Crippen LogP contribution in [0.25, 0.3) is 0 Å². The Labute approximate surface area is 110 Å². The monoisotopic (exact) mass is 255 g/mol. The van der Waals surface area contributed by atoms with Gasteiger partial charge in [-0.2, -0.15) is 0 Å². The molecule has 1 saturated heterocycles. The second-order valence-corrected chi connectivity index (χ2v) is 6.72. The molecule has 0 saturated carbocycles. The molecule has 0 N–H and O–H groups in total. The van der Waals surface area contributed by atoms with Crippen LogP contribution in [0, 0.1) is 11.3 Å². The third-order valence-electron chi connectivity index (χ3n) is 3.33. The van der Waals surface area contributed by atoms with Crippen molar-refractivity contribution in [3.05, 3.63) is 0 Å². The van der Waals surface area contributed by atoms with Crippen molar-refractivity contribution in [2.24, 2.45) is 11.3 Å². The van der Waals surface area contributed by atoms with Crippen molar-refractivity contribution in [1.82, 2.24) is 4.90 Å². The lowest BCUT2D eigenvalue weighted by molar-refractivity contribution is -0.124. The molecule has 1 unspecified atom stereocenters. The summed E-state index contributed by atoms with van der Waals surface area (Å²) in [6, 6.07) is 0. The van der Waals surface area contributed by atoms with Crippen molar-refractivity contribution in [1.29, 1.82) is 0 Å². The Balaban J connectivity index is 2.74. The maximum atomic E-state index is 12.0. The topological polar surface area (TPSA) is 46.6 Å². The maximum absolute atomic E-state index is 12.0. The highest BCUT2D eigenvalue weighted by molar-refractivity contribution is 5.83. The van der Waals surface area contributed by atoms with Crippen LogP contribution in [0.2, 0.25) is 0 Å². The van der Waals surface area contributed by atoms with Crippen molar-refractivity contribution in [2.45, 2.75) is 53.6 Å². The van der Waals surface area contributed by atoms with Gasteiger partial charge in [0.2, 0.25) is 0 Å². The molecule has 0 aliphatic carbocycles. The molecule has 0 aromatic carbocycles. The number of likely N-dealkylation sites (tertiary alicyclic amines) is 1. The van der Waals surface area contributed by atoms with Gasteiger partial charge in [-0.25, -0.2) is 4.79 Å². The summed E-state index contributed by atoms with van der Waals surface area (Å²) in [5.74, 6) is 0.154. The lowest BCUT2D eigenvalue weighted by atomic mass is 9.79. The van der Waals surface area contributed by atoms with E-state index in [0.717, 1.165) is 0 Å². The first-order valence-electron chi connectivity index (χ1n) is 6.57. The molecule has 1 aliphatic heterocycles. The van der Waals surface area contributed by atoms with Gasteiger partial charge in [-0.15, -0.1) is 0 Å². The van der Waals surface area contributed by atoms with Gasteiger partial charge in [0.05, 0.1) is 0 Å². The third kappa shape index (κ3) is 3.47. The van der Waals surface area contributed by atoms with Crippen LogP contribution < -0.4 is 0 Å². The molecule has 0 bridgehead atoms. The van der Waals surface area contributed by atoms with E-state index in [2.05, 4.69) is 0 Å². The van der Waals surface area contributed by atoms with Gasteiger partial charge in [0, 0.05) is 25.4 Å². The SMILES string of the molecule is CCC(=O)C1CN(C(=O)OC(C)(C)C)CC1(C)C. The van der Waals surface area contributed by atoms with E-state index in [4.69, 9.17) is 4.74 Å². The number of nitrogens with zero attached hydrogens (tertiary/aromatic N) is 1. The van der Waals surface area contributed by atoms with E-state index in [1.807, 2.05) is 41.5 Å². The number of carbonyl (C=O) groups is 2. The molecule has 18 heavy (non-hydrogen) atoms. The number of hydrogen-bond acceptors (Lipinski definition) is 3. The fraction of sp³-hybridized carbons (Fsp3) is 0.857. The normalized spacial score (nSPS) is 23.0. The van der Waals surface area contributed by atoms with Crippen molar-refractivity contribution in [2.75, 3.05) is 13.1 Å². The first kappa shape index (κ1) is 15.0. The molecule has 1 atom stereocenters. The highest BCUT2D eigenvalue weighted by Gasteiger charge is 2.45. The van der Waals surface area contributed by atoms with Crippen molar-refractivity contribution in [3.8, 4) is 0 Å². The first-order valence-corrected chi connectivity index (χ1v) is 6.57. The quantitative estimate of drug-likeness (QED) is 0.762. The van der Waals surface area contributed by atoms with E-state index in [1.54, 1.807) is 4.90 Å². The number of ketones is 1. The zero-order chi connectivity index (χ0) is 14.1. The molecular weight excluding hydrogens is 230 g/mol. The van der Waals surface area contributed by atoms with Crippen molar-refractivity contribution < 1.29 is 14.3 Å². The highest BCUT2D eigenvalue weighted by Crippen LogP contribution is 2.36. The molecular formula is C14H25NO3. The second-order valence-electron chi connectivity index (χ2n) is 6.72. The fourth-order valence-electron chi connectivity index (χ4n) is 2.38. The van der Waals surface area contributed by atoms with E-state index in [9.17, 15) is 9.59 Å². The van der Waals surface area contributed by atoms with E-state index in [0.29, 0.717) is 19.5 Å². The summed E-state index contributed by atoms with van der Waals surface area (Å²) in [6.45, 7) is 12.6. The van der Waals surface area contributed by atoms with Crippen LogP contribution in [-0.4, -0.2) is 35.5 Å². The Bertz CT molecular complexity index is 341. The van der Waals surface area contributed by atoms with Crippen LogP contribution in [0.3, 0.4) is 0 Å². The zero-order valence-electron chi connectivity index (χ0n) is 12.4. The van der Waals surface area contributed by atoms with E-state index in [1.165, 1.54) is 0 Å². The molecule has 0 spiro atoms. The van der Waals surface area contributed by atoms with Crippen LogP contribution >= 0.6 is 0 Å². The van der Waals surface area contributed by atoms with Crippen LogP contribution in [-0.2, 0) is 9.53 Å². The van der Waals surface area contributed by atoms with Gasteiger partial charge in [0.15, 0.2) is 0 Å². The molecule has 1 heterocycles. The average Bonchev–Trinajstić information content (AvgIpc) is 2.50. The predicted octanol–water partition coefficient (Wildman–Crippen LogP) is 2.86. The molecule has 104 valence electrons. The molecule has 0 aromatic heterocycles. The minimum atomic E-state index is -0.492. The minimum Gasteiger partial charge on any atom is -0.444 e. The molecule has 1 aliphatic rings. The standard InChI is InChI=1S/C14H25NO3/c1-7-11(16)10-8-15(9-14(10,5)6)12(17)18-13(2,3)4/h10H,7-9H2,1-6H3. The number of Topliss-reactive ketones (excluding diaryl/α,β-unsaturated/α-hetero) is 1. The Morgan fingerprint density at radius 3 is 2.33 bits per heavy atom. The Morgan fingerprint density at radius 1 is 1.33 bits per heavy atom. The number of hydrogen-bond donors (Lipinski definition) is 0. The predicted molar refractivity (Wildman–Crippen MR) is 70.4 cm³/mol. The smallest absolute Gasteiger partial charge is 0.410 e. The largest absolute Gasteiger partial charge is 0.444 e. The van der Waals surface area contributed by atoms with Crippen LogP contribution in [0.15, 0.2) is 0 Å². The summed E-state index contributed by atoms with van der Waals surface area (Å²) < 4.78 is 5.35. The second kappa shape index (κ2) is 4.90. The van der Waals surface area contributed by atoms with Gasteiger partial charge in [-0.3, -0.25) is 4.79 Å². The van der Waals surface area contributed by atoms with Gasteiger partial charge >= 0.3 is 6.09 Å². The lowest BCUT2D eigenvalue weighted by Crippen LogP contribution is -2.36. The first-order chi connectivity index (χ1) is 8.07.